The maximum Gasteiger partial charge on any atom is 0.323 e. The van der Waals surface area contributed by atoms with Gasteiger partial charge in [-0.25, -0.2) is 4.79 Å². The van der Waals surface area contributed by atoms with Gasteiger partial charge in [0.15, 0.2) is 0 Å². The number of urea groups is 1. The molecule has 178 valence electrons. The van der Waals surface area contributed by atoms with Crippen molar-refractivity contribution in [1.82, 2.24) is 5.32 Å². The van der Waals surface area contributed by atoms with E-state index in [-0.39, 0.29) is 5.91 Å². The number of amides is 3. The van der Waals surface area contributed by atoms with Gasteiger partial charge < -0.3 is 30.3 Å². The predicted molar refractivity (Wildman–Crippen MR) is 132 cm³/mol. The topological polar surface area (TPSA) is 91.9 Å². The summed E-state index contributed by atoms with van der Waals surface area (Å²) >= 11 is 0. The molecule has 3 N–H and O–H groups in total. The molecule has 8 nitrogen and oxygen atoms in total. The third-order valence-corrected chi connectivity index (χ3v) is 5.65. The number of nitrogens with one attached hydrogen (secondary N) is 3. The van der Waals surface area contributed by atoms with E-state index in [4.69, 9.17) is 9.47 Å². The van der Waals surface area contributed by atoms with E-state index in [0.717, 1.165) is 31.6 Å². The van der Waals surface area contributed by atoms with Gasteiger partial charge in [0, 0.05) is 38.1 Å². The van der Waals surface area contributed by atoms with Gasteiger partial charge in [-0.2, -0.15) is 0 Å². The van der Waals surface area contributed by atoms with Gasteiger partial charge in [-0.15, -0.1) is 0 Å². The Kier molecular flexibility index (Phi) is 8.95. The van der Waals surface area contributed by atoms with Crippen molar-refractivity contribution < 1.29 is 19.1 Å². The Balaban J connectivity index is 1.77. The number of methoxy groups -OCH3 is 1. The van der Waals surface area contributed by atoms with Crippen molar-refractivity contribution in [3.05, 3.63) is 48.0 Å². The molecule has 1 heterocycles. The van der Waals surface area contributed by atoms with Crippen LogP contribution in [0.4, 0.5) is 21.9 Å². The van der Waals surface area contributed by atoms with Gasteiger partial charge in [-0.3, -0.25) is 4.79 Å². The first-order chi connectivity index (χ1) is 16.0. The lowest BCUT2D eigenvalue weighted by Gasteiger charge is -2.33. The zero-order valence-electron chi connectivity index (χ0n) is 19.6. The lowest BCUT2D eigenvalue weighted by molar-refractivity contribution is 0.0937. The van der Waals surface area contributed by atoms with Crippen LogP contribution in [0, 0.1) is 5.92 Å². The molecule has 0 saturated carbocycles. The van der Waals surface area contributed by atoms with Crippen molar-refractivity contribution in [2.75, 3.05) is 55.5 Å². The van der Waals surface area contributed by atoms with Crippen molar-refractivity contribution in [3.8, 4) is 5.75 Å². The Labute approximate surface area is 195 Å². The molecule has 0 aromatic heterocycles. The Morgan fingerprint density at radius 2 is 1.85 bits per heavy atom. The minimum atomic E-state index is -0.410. The Hall–Kier alpha value is -3.26. The number of hydrogen-bond acceptors (Lipinski definition) is 5. The maximum atomic E-state index is 13.0. The highest BCUT2D eigenvalue weighted by atomic mass is 16.5. The highest BCUT2D eigenvalue weighted by molar-refractivity contribution is 6.04. The van der Waals surface area contributed by atoms with E-state index in [1.165, 1.54) is 0 Å². The Morgan fingerprint density at radius 1 is 1.09 bits per heavy atom. The fourth-order valence-corrected chi connectivity index (χ4v) is 3.82. The van der Waals surface area contributed by atoms with E-state index >= 15 is 0 Å². The number of rotatable bonds is 9. The smallest absolute Gasteiger partial charge is 0.323 e. The summed E-state index contributed by atoms with van der Waals surface area (Å²) in [6.07, 6.45) is 2.18. The second kappa shape index (κ2) is 12.1. The van der Waals surface area contributed by atoms with Crippen LogP contribution in [-0.4, -0.2) is 51.9 Å². The summed E-state index contributed by atoms with van der Waals surface area (Å²) in [5.41, 5.74) is 2.53. The second-order valence-corrected chi connectivity index (χ2v) is 8.16. The van der Waals surface area contributed by atoms with Crippen molar-refractivity contribution in [1.29, 1.82) is 0 Å². The lowest BCUT2D eigenvalue weighted by atomic mass is 9.98. The molecular weight excluding hydrogens is 420 g/mol. The van der Waals surface area contributed by atoms with Crippen LogP contribution in [-0.2, 0) is 4.74 Å². The Morgan fingerprint density at radius 3 is 2.58 bits per heavy atom. The minimum absolute atomic E-state index is 0.188. The summed E-state index contributed by atoms with van der Waals surface area (Å²) in [5.74, 6) is 1.10. The number of piperidine rings is 1. The first-order valence-corrected chi connectivity index (χ1v) is 11.5. The molecule has 3 amide bonds. The number of anilines is 3. The van der Waals surface area contributed by atoms with Crippen LogP contribution in [0.25, 0.3) is 0 Å². The molecule has 1 aliphatic heterocycles. The number of carbonyl (C=O) groups is 2. The molecule has 2 aromatic carbocycles. The molecule has 0 spiro atoms. The van der Waals surface area contributed by atoms with Crippen molar-refractivity contribution in [3.63, 3.8) is 0 Å². The number of carbonyl (C=O) groups excluding carboxylic acids is 2. The fraction of sp³-hybridized carbons (Fsp3) is 0.440. The number of ether oxygens (including phenoxy) is 2. The van der Waals surface area contributed by atoms with E-state index in [1.54, 1.807) is 25.3 Å². The molecule has 1 saturated heterocycles. The maximum absolute atomic E-state index is 13.0. The molecule has 3 rings (SSSR count). The zero-order chi connectivity index (χ0) is 23.6. The average Bonchev–Trinajstić information content (AvgIpc) is 2.81. The normalized spacial score (nSPS) is 14.0. The highest BCUT2D eigenvalue weighted by Gasteiger charge is 2.22. The first-order valence-electron chi connectivity index (χ1n) is 11.5. The quantitative estimate of drug-likeness (QED) is 0.490. The van der Waals surface area contributed by atoms with Crippen molar-refractivity contribution in [2.45, 2.75) is 26.7 Å². The molecule has 1 aliphatic rings. The number of nitrogens with zero attached hydrogens (tertiary/aromatic N) is 1. The second-order valence-electron chi connectivity index (χ2n) is 8.16. The number of para-hydroxylation sites is 2. The molecule has 0 aliphatic carbocycles. The summed E-state index contributed by atoms with van der Waals surface area (Å²) in [4.78, 5) is 27.8. The largest absolute Gasteiger partial charge is 0.492 e. The number of benzene rings is 2. The molecule has 33 heavy (non-hydrogen) atoms. The van der Waals surface area contributed by atoms with E-state index in [0.29, 0.717) is 48.4 Å². The van der Waals surface area contributed by atoms with Gasteiger partial charge in [0.2, 0.25) is 0 Å². The minimum Gasteiger partial charge on any atom is -0.492 e. The highest BCUT2D eigenvalue weighted by Crippen LogP contribution is 2.29. The molecule has 0 atom stereocenters. The molecular formula is C25H34N4O4. The standard InChI is InChI=1S/C25H34N4O4/c1-4-33-23-8-6-5-7-21(23)28-25(31)27-19-9-10-22(29-14-11-18(2)12-15-29)20(17-19)24(30)26-13-16-32-3/h5-10,17-18H,4,11-16H2,1-3H3,(H,26,30)(H2,27,28,31). The predicted octanol–water partition coefficient (Wildman–Crippen LogP) is 4.34. The summed E-state index contributed by atoms with van der Waals surface area (Å²) in [6, 6.07) is 12.3. The van der Waals surface area contributed by atoms with E-state index in [9.17, 15) is 9.59 Å². The van der Waals surface area contributed by atoms with Crippen LogP contribution in [0.5, 0.6) is 5.75 Å². The molecule has 0 radical (unpaired) electrons. The summed E-state index contributed by atoms with van der Waals surface area (Å²) in [6.45, 7) is 7.30. The summed E-state index contributed by atoms with van der Waals surface area (Å²) in [5, 5.41) is 8.54. The molecule has 8 heteroatoms. The first kappa shape index (κ1) is 24.4. The SMILES string of the molecule is CCOc1ccccc1NC(=O)Nc1ccc(N2CCC(C)CC2)c(C(=O)NCCOC)c1. The van der Waals surface area contributed by atoms with Gasteiger partial charge in [-0.1, -0.05) is 19.1 Å². The molecule has 2 aromatic rings. The fourth-order valence-electron chi connectivity index (χ4n) is 3.82. The average molecular weight is 455 g/mol. The monoisotopic (exact) mass is 454 g/mol. The third kappa shape index (κ3) is 6.86. The van der Waals surface area contributed by atoms with E-state index in [2.05, 4.69) is 27.8 Å². The van der Waals surface area contributed by atoms with Crippen molar-refractivity contribution in [2.24, 2.45) is 5.92 Å². The van der Waals surface area contributed by atoms with E-state index in [1.807, 2.05) is 31.2 Å². The van der Waals surface area contributed by atoms with Crippen LogP contribution in [0.15, 0.2) is 42.5 Å². The number of hydrogen-bond donors (Lipinski definition) is 3. The molecule has 1 fully saturated rings. The van der Waals surface area contributed by atoms with E-state index < -0.39 is 6.03 Å². The van der Waals surface area contributed by atoms with Gasteiger partial charge in [0.1, 0.15) is 5.75 Å². The van der Waals surface area contributed by atoms with Gasteiger partial charge in [0.25, 0.3) is 5.91 Å². The zero-order valence-corrected chi connectivity index (χ0v) is 19.6. The van der Waals surface area contributed by atoms with Crippen LogP contribution in [0.2, 0.25) is 0 Å². The molecule has 0 bridgehead atoms. The summed E-state index contributed by atoms with van der Waals surface area (Å²) < 4.78 is 10.6. The van der Waals surface area contributed by atoms with Crippen LogP contribution < -0.4 is 25.6 Å². The van der Waals surface area contributed by atoms with Crippen LogP contribution in [0.3, 0.4) is 0 Å². The van der Waals surface area contributed by atoms with Crippen LogP contribution >= 0.6 is 0 Å². The van der Waals surface area contributed by atoms with Gasteiger partial charge >= 0.3 is 6.03 Å². The van der Waals surface area contributed by atoms with Gasteiger partial charge in [-0.05, 0) is 56.0 Å². The third-order valence-electron chi connectivity index (χ3n) is 5.65. The lowest BCUT2D eigenvalue weighted by Crippen LogP contribution is -2.35. The van der Waals surface area contributed by atoms with Crippen molar-refractivity contribution >= 4 is 29.0 Å². The van der Waals surface area contributed by atoms with Gasteiger partial charge in [0.05, 0.1) is 24.5 Å². The Bertz CT molecular complexity index is 942. The summed E-state index contributed by atoms with van der Waals surface area (Å²) in [7, 11) is 1.60. The molecule has 0 unspecified atom stereocenters. The van der Waals surface area contributed by atoms with Crippen LogP contribution in [0.1, 0.15) is 37.0 Å².